The first-order valence-electron chi connectivity index (χ1n) is 6.35. The molecule has 0 radical (unpaired) electrons. The molecule has 1 atom stereocenters. The number of hydrogen-bond donors (Lipinski definition) is 1. The molecule has 0 saturated heterocycles. The summed E-state index contributed by atoms with van der Waals surface area (Å²) in [6.45, 7) is 4.56. The van der Waals surface area contributed by atoms with Crippen molar-refractivity contribution in [3.05, 3.63) is 59.1 Å². The Balaban J connectivity index is 2.39. The third kappa shape index (κ3) is 3.20. The summed E-state index contributed by atoms with van der Waals surface area (Å²) in [5.74, 6) is -0.121. The highest BCUT2D eigenvalue weighted by atomic mass is 19.1. The zero-order chi connectivity index (χ0) is 13.8. The van der Waals surface area contributed by atoms with E-state index < -0.39 is 17.7 Å². The van der Waals surface area contributed by atoms with Crippen LogP contribution in [0, 0.1) is 18.6 Å². The molecule has 1 heterocycles. The van der Waals surface area contributed by atoms with Crippen molar-refractivity contribution >= 4 is 0 Å². The second kappa shape index (κ2) is 5.97. The molecule has 1 aromatic carbocycles. The number of hydrogen-bond acceptors (Lipinski definition) is 2. The minimum atomic E-state index is -0.445. The summed E-state index contributed by atoms with van der Waals surface area (Å²) in [6.07, 6.45) is 2.48. The molecule has 1 N–H and O–H groups in total. The van der Waals surface area contributed by atoms with E-state index >= 15 is 0 Å². The summed E-state index contributed by atoms with van der Waals surface area (Å²) in [6, 6.07) is 4.94. The van der Waals surface area contributed by atoms with Crippen LogP contribution in [0.15, 0.2) is 34.9 Å². The van der Waals surface area contributed by atoms with E-state index in [0.29, 0.717) is 12.1 Å². The van der Waals surface area contributed by atoms with Gasteiger partial charge in [-0.2, -0.15) is 0 Å². The highest BCUT2D eigenvalue weighted by Crippen LogP contribution is 2.26. The minimum Gasteiger partial charge on any atom is -0.469 e. The van der Waals surface area contributed by atoms with Crippen molar-refractivity contribution in [2.75, 3.05) is 6.54 Å². The van der Waals surface area contributed by atoms with E-state index in [0.717, 1.165) is 29.9 Å². The minimum absolute atomic E-state index is 0.300. The van der Waals surface area contributed by atoms with Gasteiger partial charge < -0.3 is 9.73 Å². The summed E-state index contributed by atoms with van der Waals surface area (Å²) in [4.78, 5) is 0. The second-order valence-electron chi connectivity index (χ2n) is 4.54. The molecule has 4 heteroatoms. The normalized spacial score (nSPS) is 12.6. The Morgan fingerprint density at radius 1 is 1.26 bits per heavy atom. The lowest BCUT2D eigenvalue weighted by Gasteiger charge is -2.18. The lowest BCUT2D eigenvalue weighted by molar-refractivity contribution is 0.513. The molecule has 1 unspecified atom stereocenters. The van der Waals surface area contributed by atoms with Crippen LogP contribution in [0.3, 0.4) is 0 Å². The number of nitrogens with one attached hydrogen (secondary N) is 1. The zero-order valence-corrected chi connectivity index (χ0v) is 11.0. The van der Waals surface area contributed by atoms with Gasteiger partial charge in [0.25, 0.3) is 0 Å². The Bertz CT molecular complexity index is 551. The fourth-order valence-corrected chi connectivity index (χ4v) is 2.05. The highest BCUT2D eigenvalue weighted by molar-refractivity contribution is 5.32. The van der Waals surface area contributed by atoms with Crippen molar-refractivity contribution in [3.63, 3.8) is 0 Å². The molecule has 0 aliphatic rings. The van der Waals surface area contributed by atoms with Crippen molar-refractivity contribution in [1.29, 1.82) is 0 Å². The van der Waals surface area contributed by atoms with Crippen molar-refractivity contribution in [3.8, 4) is 0 Å². The van der Waals surface area contributed by atoms with Crippen LogP contribution in [-0.4, -0.2) is 6.54 Å². The van der Waals surface area contributed by atoms with Crippen LogP contribution in [0.5, 0.6) is 0 Å². The summed E-state index contributed by atoms with van der Waals surface area (Å²) < 4.78 is 32.5. The van der Waals surface area contributed by atoms with Gasteiger partial charge >= 0.3 is 0 Å². The molecule has 19 heavy (non-hydrogen) atoms. The molecular formula is C15H17F2NO. The summed E-state index contributed by atoms with van der Waals surface area (Å²) >= 11 is 0. The van der Waals surface area contributed by atoms with E-state index in [9.17, 15) is 8.78 Å². The SMILES string of the molecule is CCCNC(c1coc(C)c1)c1cc(F)ccc1F. The van der Waals surface area contributed by atoms with Gasteiger partial charge in [-0.3, -0.25) is 0 Å². The van der Waals surface area contributed by atoms with E-state index in [-0.39, 0.29) is 0 Å². The van der Waals surface area contributed by atoms with Crippen LogP contribution < -0.4 is 5.32 Å². The van der Waals surface area contributed by atoms with E-state index in [1.54, 1.807) is 6.26 Å². The predicted octanol–water partition coefficient (Wildman–Crippen LogP) is 3.96. The van der Waals surface area contributed by atoms with Crippen molar-refractivity contribution in [2.24, 2.45) is 0 Å². The van der Waals surface area contributed by atoms with E-state index in [1.807, 2.05) is 19.9 Å². The largest absolute Gasteiger partial charge is 0.469 e. The molecule has 102 valence electrons. The first-order valence-corrected chi connectivity index (χ1v) is 6.35. The van der Waals surface area contributed by atoms with Crippen LogP contribution >= 0.6 is 0 Å². The number of rotatable bonds is 5. The first-order chi connectivity index (χ1) is 9.11. The van der Waals surface area contributed by atoms with Gasteiger partial charge in [0.2, 0.25) is 0 Å². The topological polar surface area (TPSA) is 25.2 Å². The van der Waals surface area contributed by atoms with Crippen molar-refractivity contribution < 1.29 is 13.2 Å². The number of furan rings is 1. The second-order valence-corrected chi connectivity index (χ2v) is 4.54. The smallest absolute Gasteiger partial charge is 0.128 e. The molecule has 2 rings (SSSR count). The zero-order valence-electron chi connectivity index (χ0n) is 11.0. The summed E-state index contributed by atoms with van der Waals surface area (Å²) in [7, 11) is 0. The molecule has 2 aromatic rings. The fourth-order valence-electron chi connectivity index (χ4n) is 2.05. The van der Waals surface area contributed by atoms with Gasteiger partial charge in [0.15, 0.2) is 0 Å². The van der Waals surface area contributed by atoms with Crippen LogP contribution in [0.1, 0.15) is 36.3 Å². The van der Waals surface area contributed by atoms with Gasteiger partial charge in [0, 0.05) is 11.1 Å². The monoisotopic (exact) mass is 265 g/mol. The van der Waals surface area contributed by atoms with Crippen LogP contribution in [0.25, 0.3) is 0 Å². The average Bonchev–Trinajstić information content (AvgIpc) is 2.80. The lowest BCUT2D eigenvalue weighted by Crippen LogP contribution is -2.23. The highest BCUT2D eigenvalue weighted by Gasteiger charge is 2.19. The molecule has 0 saturated carbocycles. The van der Waals surface area contributed by atoms with E-state index in [2.05, 4.69) is 5.32 Å². The quantitative estimate of drug-likeness (QED) is 0.885. The Kier molecular flexibility index (Phi) is 4.32. The van der Waals surface area contributed by atoms with Gasteiger partial charge in [0.1, 0.15) is 17.4 Å². The summed E-state index contributed by atoms with van der Waals surface area (Å²) in [5.41, 5.74) is 1.10. The lowest BCUT2D eigenvalue weighted by atomic mass is 10.00. The third-order valence-electron chi connectivity index (χ3n) is 2.95. The molecule has 2 nitrogen and oxygen atoms in total. The first kappa shape index (κ1) is 13.7. The fraction of sp³-hybridized carbons (Fsp3) is 0.333. The Labute approximate surface area is 111 Å². The Morgan fingerprint density at radius 3 is 2.68 bits per heavy atom. The van der Waals surface area contributed by atoms with Crippen LogP contribution in [-0.2, 0) is 0 Å². The molecule has 0 bridgehead atoms. The number of halogens is 2. The molecule has 0 spiro atoms. The van der Waals surface area contributed by atoms with E-state index in [1.165, 1.54) is 6.07 Å². The summed E-state index contributed by atoms with van der Waals surface area (Å²) in [5, 5.41) is 3.22. The molecule has 0 aliphatic carbocycles. The standard InChI is InChI=1S/C15H17F2NO/c1-3-6-18-15(11-7-10(2)19-9-11)13-8-12(16)4-5-14(13)17/h4-5,7-9,15,18H,3,6H2,1-2H3. The number of aryl methyl sites for hydroxylation is 1. The molecule has 0 aliphatic heterocycles. The van der Waals surface area contributed by atoms with Gasteiger partial charge in [0.05, 0.1) is 12.3 Å². The Morgan fingerprint density at radius 2 is 2.05 bits per heavy atom. The van der Waals surface area contributed by atoms with Crippen molar-refractivity contribution in [1.82, 2.24) is 5.32 Å². The van der Waals surface area contributed by atoms with Gasteiger partial charge in [-0.05, 0) is 44.2 Å². The maximum atomic E-state index is 13.9. The maximum Gasteiger partial charge on any atom is 0.128 e. The third-order valence-corrected chi connectivity index (χ3v) is 2.95. The van der Waals surface area contributed by atoms with Crippen LogP contribution in [0.2, 0.25) is 0 Å². The van der Waals surface area contributed by atoms with Gasteiger partial charge in [-0.15, -0.1) is 0 Å². The van der Waals surface area contributed by atoms with E-state index in [4.69, 9.17) is 4.42 Å². The predicted molar refractivity (Wildman–Crippen MR) is 69.9 cm³/mol. The van der Waals surface area contributed by atoms with Crippen LogP contribution in [0.4, 0.5) is 8.78 Å². The molecule has 0 fully saturated rings. The molecule has 0 amide bonds. The van der Waals surface area contributed by atoms with Crippen molar-refractivity contribution in [2.45, 2.75) is 26.3 Å². The molecular weight excluding hydrogens is 248 g/mol. The molecule has 1 aromatic heterocycles. The maximum absolute atomic E-state index is 13.9. The van der Waals surface area contributed by atoms with Gasteiger partial charge in [-0.1, -0.05) is 6.92 Å². The Hall–Kier alpha value is -1.68. The van der Waals surface area contributed by atoms with Gasteiger partial charge in [-0.25, -0.2) is 8.78 Å². The average molecular weight is 265 g/mol. The number of benzene rings is 1.